The quantitative estimate of drug-likeness (QED) is 0.148. The number of anilines is 3. The zero-order chi connectivity index (χ0) is 33.5. The van der Waals surface area contributed by atoms with E-state index in [0.29, 0.717) is 0 Å². The molecule has 0 saturated carbocycles. The molecule has 0 saturated heterocycles. The van der Waals surface area contributed by atoms with E-state index in [2.05, 4.69) is 171 Å². The highest BCUT2D eigenvalue weighted by Gasteiger charge is 2.44. The molecule has 0 aliphatic carbocycles. The highest BCUT2D eigenvalue weighted by molar-refractivity contribution is 7.20. The van der Waals surface area contributed by atoms with Gasteiger partial charge in [0.05, 0.1) is 0 Å². The van der Waals surface area contributed by atoms with Crippen molar-refractivity contribution < 1.29 is 4.39 Å². The molecule has 0 atom stereocenters. The Balaban J connectivity index is 1.50. The Labute approximate surface area is 290 Å². The summed E-state index contributed by atoms with van der Waals surface area (Å²) in [6, 6.07) is 60.6. The summed E-state index contributed by atoms with van der Waals surface area (Å²) in [6.45, 7) is 6.54. The number of halogens is 1. The minimum atomic E-state index is -2.82. The van der Waals surface area contributed by atoms with Crippen LogP contribution >= 0.6 is 0 Å². The maximum atomic E-state index is 15.4. The molecule has 7 aromatic carbocycles. The number of para-hydroxylation sites is 1. The largest absolute Gasteiger partial charge is 0.311 e. The third kappa shape index (κ3) is 5.15. The topological polar surface area (TPSA) is 3.24 Å². The SMILES string of the molecule is Cc1cc(C)c(B2c3ccc(F)cc3N(c3ccccc3)c3cc([Si](c4ccccc4)(c4ccccc4)c4ccccc4)ccc32)c(C)c1. The van der Waals surface area contributed by atoms with Crippen LogP contribution < -0.4 is 42.0 Å². The summed E-state index contributed by atoms with van der Waals surface area (Å²) >= 11 is 0. The molecule has 0 unspecified atom stereocenters. The Morgan fingerprint density at radius 2 is 0.918 bits per heavy atom. The molecular formula is C45H37BFNSi. The summed E-state index contributed by atoms with van der Waals surface area (Å²) in [6.07, 6.45) is 0. The maximum absolute atomic E-state index is 15.4. The van der Waals surface area contributed by atoms with Crippen molar-refractivity contribution in [2.45, 2.75) is 20.8 Å². The molecule has 0 aromatic heterocycles. The number of hydrogen-bond acceptors (Lipinski definition) is 1. The summed E-state index contributed by atoms with van der Waals surface area (Å²) in [5.41, 5.74) is 10.4. The normalized spacial score (nSPS) is 12.4. The summed E-state index contributed by atoms with van der Waals surface area (Å²) < 4.78 is 15.4. The van der Waals surface area contributed by atoms with Crippen molar-refractivity contribution in [3.05, 3.63) is 192 Å². The first-order chi connectivity index (χ1) is 24.0. The first kappa shape index (κ1) is 30.9. The standard InChI is InChI=1S/C45H37BFNSi/c1-32-28-33(2)45(34(3)29-32)46-41-26-24-35(47)30-43(41)48(36-16-8-4-9-17-36)44-31-40(25-27-42(44)46)49(37-18-10-5-11-19-37,38-20-12-6-13-21-38)39-22-14-7-15-23-39/h4-31H,1-3H3. The molecule has 7 aromatic rings. The molecule has 0 bridgehead atoms. The Morgan fingerprint density at radius 3 is 1.43 bits per heavy atom. The van der Waals surface area contributed by atoms with Crippen molar-refractivity contribution in [3.8, 4) is 0 Å². The van der Waals surface area contributed by atoms with Crippen LogP contribution in [0, 0.1) is 26.6 Å². The third-order valence-electron chi connectivity index (χ3n) is 10.2. The van der Waals surface area contributed by atoms with E-state index in [1.165, 1.54) is 48.4 Å². The first-order valence-electron chi connectivity index (χ1n) is 17.0. The molecule has 0 spiro atoms. The molecule has 1 aliphatic rings. The number of nitrogens with zero attached hydrogens (tertiary/aromatic N) is 1. The monoisotopic (exact) mass is 649 g/mol. The molecule has 8 rings (SSSR count). The number of aryl methyl sites for hydroxylation is 3. The van der Waals surface area contributed by atoms with Gasteiger partial charge in [0.2, 0.25) is 6.71 Å². The molecule has 1 heterocycles. The molecule has 1 aliphatic heterocycles. The van der Waals surface area contributed by atoms with Crippen LogP contribution in [0.25, 0.3) is 0 Å². The van der Waals surface area contributed by atoms with Crippen molar-refractivity contribution in [2.24, 2.45) is 0 Å². The predicted molar refractivity (Wildman–Crippen MR) is 210 cm³/mol. The van der Waals surface area contributed by atoms with Crippen molar-refractivity contribution in [3.63, 3.8) is 0 Å². The van der Waals surface area contributed by atoms with Gasteiger partial charge < -0.3 is 4.90 Å². The fraction of sp³-hybridized carbons (Fsp3) is 0.0667. The van der Waals surface area contributed by atoms with Crippen molar-refractivity contribution in [1.29, 1.82) is 0 Å². The highest BCUT2D eigenvalue weighted by Crippen LogP contribution is 2.36. The van der Waals surface area contributed by atoms with Crippen LogP contribution in [0.5, 0.6) is 0 Å². The maximum Gasteiger partial charge on any atom is 0.247 e. The molecule has 0 fully saturated rings. The second-order valence-electron chi connectivity index (χ2n) is 13.2. The van der Waals surface area contributed by atoms with Gasteiger partial charge in [-0.25, -0.2) is 4.39 Å². The van der Waals surface area contributed by atoms with Gasteiger partial charge in [-0.1, -0.05) is 162 Å². The van der Waals surface area contributed by atoms with E-state index in [-0.39, 0.29) is 12.5 Å². The third-order valence-corrected chi connectivity index (χ3v) is 15.0. The second kappa shape index (κ2) is 12.5. The van der Waals surface area contributed by atoms with Gasteiger partial charge in [0.1, 0.15) is 5.82 Å². The molecule has 0 N–H and O–H groups in total. The van der Waals surface area contributed by atoms with Gasteiger partial charge in [0.15, 0.2) is 8.07 Å². The van der Waals surface area contributed by atoms with E-state index >= 15 is 4.39 Å². The molecule has 236 valence electrons. The lowest BCUT2D eigenvalue weighted by molar-refractivity contribution is 0.628. The predicted octanol–water partition coefficient (Wildman–Crippen LogP) is 6.43. The van der Waals surface area contributed by atoms with Crippen LogP contribution in [0.15, 0.2) is 170 Å². The number of hydrogen-bond donors (Lipinski definition) is 0. The van der Waals surface area contributed by atoms with Crippen LogP contribution in [0.2, 0.25) is 0 Å². The van der Waals surface area contributed by atoms with E-state index < -0.39 is 8.07 Å². The van der Waals surface area contributed by atoms with Crippen molar-refractivity contribution >= 4 is 69.0 Å². The Kier molecular flexibility index (Phi) is 7.90. The van der Waals surface area contributed by atoms with E-state index in [0.717, 1.165) is 22.5 Å². The van der Waals surface area contributed by atoms with Crippen LogP contribution in [-0.4, -0.2) is 14.8 Å². The first-order valence-corrected chi connectivity index (χ1v) is 19.0. The molecular weight excluding hydrogens is 612 g/mol. The lowest BCUT2D eigenvalue weighted by Gasteiger charge is -2.40. The van der Waals surface area contributed by atoms with E-state index in [9.17, 15) is 0 Å². The fourth-order valence-electron chi connectivity index (χ4n) is 8.34. The lowest BCUT2D eigenvalue weighted by Crippen LogP contribution is -2.75. The van der Waals surface area contributed by atoms with Gasteiger partial charge in [0.25, 0.3) is 0 Å². The van der Waals surface area contributed by atoms with Gasteiger partial charge >= 0.3 is 0 Å². The van der Waals surface area contributed by atoms with Crippen molar-refractivity contribution in [2.75, 3.05) is 4.90 Å². The van der Waals surface area contributed by atoms with Crippen LogP contribution in [0.3, 0.4) is 0 Å². The van der Waals surface area contributed by atoms with Gasteiger partial charge in [-0.2, -0.15) is 0 Å². The average molecular weight is 650 g/mol. The zero-order valence-corrected chi connectivity index (χ0v) is 29.1. The Hall–Kier alpha value is -5.45. The van der Waals surface area contributed by atoms with E-state index in [1.54, 1.807) is 12.1 Å². The van der Waals surface area contributed by atoms with Crippen molar-refractivity contribution in [1.82, 2.24) is 0 Å². The summed E-state index contributed by atoms with van der Waals surface area (Å²) in [4.78, 5) is 2.28. The fourth-order valence-corrected chi connectivity index (χ4v) is 13.1. The number of rotatable bonds is 6. The van der Waals surface area contributed by atoms with Gasteiger partial charge in [0, 0.05) is 17.1 Å². The molecule has 4 heteroatoms. The van der Waals surface area contributed by atoms with Crippen LogP contribution in [0.1, 0.15) is 16.7 Å². The lowest BCUT2D eigenvalue weighted by atomic mass is 9.34. The average Bonchev–Trinajstić information content (AvgIpc) is 3.13. The van der Waals surface area contributed by atoms with Gasteiger partial charge in [-0.15, -0.1) is 0 Å². The van der Waals surface area contributed by atoms with E-state index in [4.69, 9.17) is 0 Å². The van der Waals surface area contributed by atoms with E-state index in [1.807, 2.05) is 12.1 Å². The number of benzene rings is 7. The second-order valence-corrected chi connectivity index (χ2v) is 17.1. The van der Waals surface area contributed by atoms with Crippen LogP contribution in [0.4, 0.5) is 21.5 Å². The summed E-state index contributed by atoms with van der Waals surface area (Å²) in [7, 11) is -2.82. The molecule has 0 amide bonds. The molecule has 49 heavy (non-hydrogen) atoms. The minimum Gasteiger partial charge on any atom is -0.311 e. The Morgan fingerprint density at radius 1 is 0.469 bits per heavy atom. The molecule has 1 nitrogen and oxygen atoms in total. The van der Waals surface area contributed by atoms with Gasteiger partial charge in [-0.05, 0) is 82.8 Å². The van der Waals surface area contributed by atoms with Crippen LogP contribution in [-0.2, 0) is 0 Å². The highest BCUT2D eigenvalue weighted by atomic mass is 28.3. The summed E-state index contributed by atoms with van der Waals surface area (Å²) in [5, 5.41) is 5.25. The summed E-state index contributed by atoms with van der Waals surface area (Å²) in [5.74, 6) is -0.239. The number of fused-ring (bicyclic) bond motifs is 2. The molecule has 0 radical (unpaired) electrons. The smallest absolute Gasteiger partial charge is 0.247 e. The Bertz CT molecular complexity index is 2150. The zero-order valence-electron chi connectivity index (χ0n) is 28.1. The van der Waals surface area contributed by atoms with Gasteiger partial charge in [-0.3, -0.25) is 0 Å². The minimum absolute atomic E-state index is 0.0542.